The van der Waals surface area contributed by atoms with E-state index in [1.54, 1.807) is 13.2 Å². The third-order valence-corrected chi connectivity index (χ3v) is 4.82. The van der Waals surface area contributed by atoms with Crippen LogP contribution >= 0.6 is 0 Å². The average molecular weight is 298 g/mol. The Balaban J connectivity index is 2.20. The molecule has 1 aromatic rings. The highest BCUT2D eigenvalue weighted by molar-refractivity contribution is 5.21. The number of methoxy groups -OCH3 is 1. The first kappa shape index (κ1) is 16.3. The molecule has 0 bridgehead atoms. The van der Waals surface area contributed by atoms with Crippen molar-refractivity contribution < 1.29 is 13.5 Å². The summed E-state index contributed by atoms with van der Waals surface area (Å²) in [5.41, 5.74) is 2.67. The Hall–Kier alpha value is -1.04. The second-order valence-corrected chi connectivity index (χ2v) is 6.09. The minimum absolute atomic E-state index is 0.244. The lowest BCUT2D eigenvalue weighted by Crippen LogP contribution is -2.57. The van der Waals surface area contributed by atoms with Gasteiger partial charge in [-0.15, -0.1) is 0 Å². The van der Waals surface area contributed by atoms with Crippen LogP contribution in [0.5, 0.6) is 0 Å². The summed E-state index contributed by atoms with van der Waals surface area (Å²) < 4.78 is 33.0. The molecule has 0 radical (unpaired) electrons. The van der Waals surface area contributed by atoms with Gasteiger partial charge in [0.25, 0.3) is 0 Å². The Bertz CT molecular complexity index is 473. The van der Waals surface area contributed by atoms with E-state index in [-0.39, 0.29) is 6.04 Å². The number of ether oxygens (including phenoxy) is 1. The third kappa shape index (κ3) is 3.42. The minimum atomic E-state index is -0.827. The fourth-order valence-electron chi connectivity index (χ4n) is 3.27. The molecular weight excluding hydrogens is 274 g/mol. The molecule has 0 heterocycles. The third-order valence-electron chi connectivity index (χ3n) is 4.82. The number of nitrogens with one attached hydrogen (secondary N) is 1. The number of halogens is 2. The van der Waals surface area contributed by atoms with Crippen molar-refractivity contribution in [1.82, 2.24) is 5.43 Å². The van der Waals surface area contributed by atoms with E-state index in [0.29, 0.717) is 17.9 Å². The topological polar surface area (TPSA) is 47.3 Å². The lowest BCUT2D eigenvalue weighted by atomic mass is 9.74. The Labute approximate surface area is 124 Å². The van der Waals surface area contributed by atoms with Crippen molar-refractivity contribution in [2.24, 2.45) is 11.8 Å². The van der Waals surface area contributed by atoms with Crippen LogP contribution in [0.3, 0.4) is 0 Å². The molecule has 3 nitrogen and oxygen atoms in total. The maximum Gasteiger partial charge on any atom is 0.162 e. The molecule has 1 unspecified atom stereocenters. The van der Waals surface area contributed by atoms with Crippen molar-refractivity contribution in [3.05, 3.63) is 35.4 Å². The van der Waals surface area contributed by atoms with Gasteiger partial charge < -0.3 is 4.74 Å². The highest BCUT2D eigenvalue weighted by Crippen LogP contribution is 2.37. The van der Waals surface area contributed by atoms with E-state index >= 15 is 0 Å². The quantitative estimate of drug-likeness (QED) is 0.649. The maximum absolute atomic E-state index is 13.9. The standard InChI is InChI=1S/C16H24F2N2O/c1-11-6-8-16(21-2,9-7-11)14(20-19)10-12-4-3-5-13(17)15(12)18/h3-5,11,14,20H,6-10,19H2,1-2H3. The van der Waals surface area contributed by atoms with E-state index in [9.17, 15) is 8.78 Å². The van der Waals surface area contributed by atoms with Crippen molar-refractivity contribution >= 4 is 0 Å². The van der Waals surface area contributed by atoms with Crippen LogP contribution in [-0.2, 0) is 11.2 Å². The molecular formula is C16H24F2N2O. The van der Waals surface area contributed by atoms with Crippen LogP contribution < -0.4 is 11.3 Å². The zero-order valence-corrected chi connectivity index (χ0v) is 12.7. The lowest BCUT2D eigenvalue weighted by molar-refractivity contribution is -0.0748. The van der Waals surface area contributed by atoms with Gasteiger partial charge in [0.2, 0.25) is 0 Å². The zero-order valence-electron chi connectivity index (χ0n) is 12.7. The zero-order chi connectivity index (χ0) is 15.5. The Morgan fingerprint density at radius 2 is 2.05 bits per heavy atom. The van der Waals surface area contributed by atoms with Gasteiger partial charge in [-0.1, -0.05) is 19.1 Å². The van der Waals surface area contributed by atoms with Crippen LogP contribution in [0.1, 0.15) is 38.2 Å². The van der Waals surface area contributed by atoms with Gasteiger partial charge in [0.05, 0.1) is 11.6 Å². The van der Waals surface area contributed by atoms with E-state index < -0.39 is 17.2 Å². The van der Waals surface area contributed by atoms with Gasteiger partial charge in [0.1, 0.15) is 0 Å². The molecule has 21 heavy (non-hydrogen) atoms. The van der Waals surface area contributed by atoms with Crippen LogP contribution in [0.25, 0.3) is 0 Å². The maximum atomic E-state index is 13.9. The lowest BCUT2D eigenvalue weighted by Gasteiger charge is -2.43. The van der Waals surface area contributed by atoms with Crippen LogP contribution in [-0.4, -0.2) is 18.8 Å². The van der Waals surface area contributed by atoms with Gasteiger partial charge >= 0.3 is 0 Å². The van der Waals surface area contributed by atoms with E-state index in [2.05, 4.69) is 12.3 Å². The summed E-state index contributed by atoms with van der Waals surface area (Å²) in [6, 6.07) is 3.99. The molecule has 0 amide bonds. The molecule has 1 aliphatic carbocycles. The molecule has 1 aliphatic rings. The van der Waals surface area contributed by atoms with Gasteiger partial charge in [0.15, 0.2) is 11.6 Å². The van der Waals surface area contributed by atoms with Crippen molar-refractivity contribution in [3.8, 4) is 0 Å². The van der Waals surface area contributed by atoms with E-state index in [0.717, 1.165) is 31.7 Å². The summed E-state index contributed by atoms with van der Waals surface area (Å²) in [7, 11) is 1.67. The van der Waals surface area contributed by atoms with E-state index in [1.807, 2.05) is 0 Å². The molecule has 2 rings (SSSR count). The fraction of sp³-hybridized carbons (Fsp3) is 0.625. The first-order chi connectivity index (χ1) is 10.0. The molecule has 0 spiro atoms. The largest absolute Gasteiger partial charge is 0.377 e. The molecule has 3 N–H and O–H groups in total. The number of hydrogen-bond acceptors (Lipinski definition) is 3. The first-order valence-corrected chi connectivity index (χ1v) is 7.46. The number of hydrogen-bond donors (Lipinski definition) is 2. The minimum Gasteiger partial charge on any atom is -0.377 e. The molecule has 118 valence electrons. The second-order valence-electron chi connectivity index (χ2n) is 6.09. The molecule has 0 aliphatic heterocycles. The van der Waals surface area contributed by atoms with Crippen LogP contribution in [0.15, 0.2) is 18.2 Å². The second kappa shape index (κ2) is 6.81. The number of nitrogens with two attached hydrogens (primary N) is 1. The summed E-state index contributed by atoms with van der Waals surface area (Å²) in [4.78, 5) is 0. The summed E-state index contributed by atoms with van der Waals surface area (Å²) in [5.74, 6) is 4.73. The molecule has 5 heteroatoms. The normalized spacial score (nSPS) is 27.6. The fourth-order valence-corrected chi connectivity index (χ4v) is 3.27. The van der Waals surface area contributed by atoms with Gasteiger partial charge in [-0.3, -0.25) is 11.3 Å². The number of hydrazine groups is 1. The SMILES string of the molecule is COC1(C(Cc2cccc(F)c2F)NN)CCC(C)CC1. The Morgan fingerprint density at radius 3 is 2.62 bits per heavy atom. The molecule has 0 aromatic heterocycles. The summed E-state index contributed by atoms with van der Waals surface area (Å²) in [6.07, 6.45) is 4.16. The van der Waals surface area contributed by atoms with Crippen LogP contribution in [0, 0.1) is 17.6 Å². The Kier molecular flexibility index (Phi) is 5.30. The monoisotopic (exact) mass is 298 g/mol. The van der Waals surface area contributed by atoms with Crippen LogP contribution in [0.2, 0.25) is 0 Å². The first-order valence-electron chi connectivity index (χ1n) is 7.46. The molecule has 1 saturated carbocycles. The van der Waals surface area contributed by atoms with Gasteiger partial charge in [0, 0.05) is 7.11 Å². The van der Waals surface area contributed by atoms with Gasteiger partial charge in [-0.05, 0) is 49.7 Å². The molecule has 0 saturated heterocycles. The van der Waals surface area contributed by atoms with Crippen molar-refractivity contribution in [1.29, 1.82) is 0 Å². The predicted molar refractivity (Wildman–Crippen MR) is 78.5 cm³/mol. The predicted octanol–water partition coefficient (Wildman–Crippen LogP) is 2.93. The summed E-state index contributed by atoms with van der Waals surface area (Å²) in [6.45, 7) is 2.22. The average Bonchev–Trinajstić information content (AvgIpc) is 2.50. The van der Waals surface area contributed by atoms with Crippen molar-refractivity contribution in [2.45, 2.75) is 50.7 Å². The molecule has 1 atom stereocenters. The molecule has 1 fully saturated rings. The van der Waals surface area contributed by atoms with Crippen molar-refractivity contribution in [2.75, 3.05) is 7.11 Å². The van der Waals surface area contributed by atoms with E-state index in [1.165, 1.54) is 6.07 Å². The highest BCUT2D eigenvalue weighted by Gasteiger charge is 2.41. The summed E-state index contributed by atoms with van der Waals surface area (Å²) >= 11 is 0. The van der Waals surface area contributed by atoms with Gasteiger partial charge in [-0.25, -0.2) is 8.78 Å². The summed E-state index contributed by atoms with van der Waals surface area (Å²) in [5, 5.41) is 0. The highest BCUT2D eigenvalue weighted by atomic mass is 19.2. The van der Waals surface area contributed by atoms with Crippen molar-refractivity contribution in [3.63, 3.8) is 0 Å². The smallest absolute Gasteiger partial charge is 0.162 e. The van der Waals surface area contributed by atoms with Gasteiger partial charge in [-0.2, -0.15) is 0 Å². The van der Waals surface area contributed by atoms with Crippen LogP contribution in [0.4, 0.5) is 8.78 Å². The van der Waals surface area contributed by atoms with E-state index in [4.69, 9.17) is 10.6 Å². The number of rotatable bonds is 5. The number of benzene rings is 1. The molecule has 1 aromatic carbocycles. The Morgan fingerprint density at radius 1 is 1.38 bits per heavy atom.